The summed E-state index contributed by atoms with van der Waals surface area (Å²) >= 11 is 0. The number of sulfone groups is 1. The van der Waals surface area contributed by atoms with Gasteiger partial charge in [0.2, 0.25) is 11.9 Å². The Labute approximate surface area is 165 Å². The normalized spacial score (nSPS) is 15.1. The van der Waals surface area contributed by atoms with Crippen molar-refractivity contribution < 1.29 is 17.9 Å². The van der Waals surface area contributed by atoms with Gasteiger partial charge in [0.1, 0.15) is 10.5 Å². The van der Waals surface area contributed by atoms with Crippen molar-refractivity contribution in [2.45, 2.75) is 44.3 Å². The number of H-pyrrole nitrogens is 1. The van der Waals surface area contributed by atoms with E-state index < -0.39 is 20.5 Å². The van der Waals surface area contributed by atoms with Crippen LogP contribution in [-0.4, -0.2) is 47.1 Å². The fourth-order valence-electron chi connectivity index (χ4n) is 2.95. The van der Waals surface area contributed by atoms with Crippen LogP contribution in [0.15, 0.2) is 24.3 Å². The molecule has 1 aliphatic rings. The summed E-state index contributed by atoms with van der Waals surface area (Å²) in [5.74, 6) is 1.06. The monoisotopic (exact) mass is 406 g/mol. The first-order valence-electron chi connectivity index (χ1n) is 9.33. The summed E-state index contributed by atoms with van der Waals surface area (Å²) in [7, 11) is -2.01. The lowest BCUT2D eigenvalue weighted by molar-refractivity contribution is -0.117. The maximum absolute atomic E-state index is 12.7. The lowest BCUT2D eigenvalue weighted by atomic mass is 9.84. The number of methoxy groups -OCH3 is 1. The number of carbonyl (C=O) groups excluding carboxylic acids is 1. The van der Waals surface area contributed by atoms with Crippen molar-refractivity contribution >= 4 is 21.7 Å². The lowest BCUT2D eigenvalue weighted by Crippen LogP contribution is -2.46. The molecule has 1 aromatic heterocycles. The molecule has 0 atom stereocenters. The number of hydrogen-bond donors (Lipinski definition) is 2. The highest BCUT2D eigenvalue weighted by molar-refractivity contribution is 7.93. The third-order valence-electron chi connectivity index (χ3n) is 5.42. The summed E-state index contributed by atoms with van der Waals surface area (Å²) in [6.45, 7) is 2.85. The molecule has 9 heteroatoms. The highest BCUT2D eigenvalue weighted by Crippen LogP contribution is 2.31. The lowest BCUT2D eigenvalue weighted by Gasteiger charge is -2.28. The number of benzene rings is 1. The van der Waals surface area contributed by atoms with Gasteiger partial charge in [0.05, 0.1) is 12.9 Å². The largest absolute Gasteiger partial charge is 0.497 e. The van der Waals surface area contributed by atoms with Crippen LogP contribution in [0.1, 0.15) is 39.5 Å². The van der Waals surface area contributed by atoms with E-state index in [9.17, 15) is 13.2 Å². The van der Waals surface area contributed by atoms with Gasteiger partial charge < -0.3 is 4.74 Å². The molecule has 1 saturated carbocycles. The standard InChI is InChI=1S/C19H26N4O4S/c1-19(2,28(25,26)12-11-13-5-4-6-13)17(24)21-18-20-16(22-23-18)14-7-9-15(27-3)10-8-14/h7-10,13H,4-6,11-12H2,1-3H3,(H2,20,21,22,23,24). The zero-order valence-electron chi connectivity index (χ0n) is 16.4. The number of anilines is 1. The average Bonchev–Trinajstić information content (AvgIpc) is 3.08. The fraction of sp³-hybridized carbons (Fsp3) is 0.526. The van der Waals surface area contributed by atoms with Gasteiger partial charge in [-0.2, -0.15) is 4.98 Å². The van der Waals surface area contributed by atoms with Crippen LogP contribution in [0.3, 0.4) is 0 Å². The third-order valence-corrected chi connectivity index (χ3v) is 7.93. The van der Waals surface area contributed by atoms with E-state index >= 15 is 0 Å². The second-order valence-electron chi connectivity index (χ2n) is 7.61. The number of aromatic amines is 1. The molecular weight excluding hydrogens is 380 g/mol. The molecule has 8 nitrogen and oxygen atoms in total. The van der Waals surface area contributed by atoms with E-state index in [0.717, 1.165) is 24.8 Å². The van der Waals surface area contributed by atoms with Crippen molar-refractivity contribution in [2.75, 3.05) is 18.2 Å². The van der Waals surface area contributed by atoms with Crippen LogP contribution in [0.2, 0.25) is 0 Å². The Balaban J connectivity index is 1.66. The molecule has 1 heterocycles. The molecule has 2 N–H and O–H groups in total. The van der Waals surface area contributed by atoms with Gasteiger partial charge in [0.15, 0.2) is 15.7 Å². The van der Waals surface area contributed by atoms with Crippen molar-refractivity contribution in [1.29, 1.82) is 0 Å². The maximum Gasteiger partial charge on any atom is 0.249 e. The maximum atomic E-state index is 12.7. The third kappa shape index (κ3) is 4.19. The van der Waals surface area contributed by atoms with Crippen molar-refractivity contribution in [1.82, 2.24) is 15.2 Å². The second-order valence-corrected chi connectivity index (χ2v) is 10.3. The number of amides is 1. The molecule has 0 unspecified atom stereocenters. The van der Waals surface area contributed by atoms with Gasteiger partial charge in [0, 0.05) is 5.56 Å². The summed E-state index contributed by atoms with van der Waals surface area (Å²) in [6, 6.07) is 7.18. The number of carbonyl (C=O) groups is 1. The minimum atomic E-state index is -3.60. The molecule has 2 aromatic rings. The molecule has 1 fully saturated rings. The van der Waals surface area contributed by atoms with Crippen LogP contribution < -0.4 is 10.1 Å². The van der Waals surface area contributed by atoms with E-state index in [2.05, 4.69) is 20.5 Å². The molecule has 0 radical (unpaired) electrons. The molecule has 0 bridgehead atoms. The smallest absolute Gasteiger partial charge is 0.249 e. The number of nitrogens with one attached hydrogen (secondary N) is 2. The zero-order valence-corrected chi connectivity index (χ0v) is 17.2. The Bertz CT molecular complexity index is 931. The topological polar surface area (TPSA) is 114 Å². The van der Waals surface area contributed by atoms with Crippen LogP contribution in [-0.2, 0) is 14.6 Å². The number of ether oxygens (including phenoxy) is 1. The molecule has 0 aliphatic heterocycles. The minimum Gasteiger partial charge on any atom is -0.497 e. The Hall–Kier alpha value is -2.42. The summed E-state index contributed by atoms with van der Waals surface area (Å²) in [5, 5.41) is 9.24. The van der Waals surface area contributed by atoms with Crippen molar-refractivity contribution in [3.05, 3.63) is 24.3 Å². The Kier molecular flexibility index (Phi) is 5.74. The number of rotatable bonds is 8. The van der Waals surface area contributed by atoms with Gasteiger partial charge in [0.25, 0.3) is 0 Å². The molecule has 28 heavy (non-hydrogen) atoms. The van der Waals surface area contributed by atoms with Gasteiger partial charge in [-0.1, -0.05) is 19.3 Å². The number of hydrogen-bond acceptors (Lipinski definition) is 6. The summed E-state index contributed by atoms with van der Waals surface area (Å²) in [6.07, 6.45) is 3.93. The first-order valence-corrected chi connectivity index (χ1v) is 11.0. The summed E-state index contributed by atoms with van der Waals surface area (Å²) in [4.78, 5) is 16.9. The molecule has 1 aliphatic carbocycles. The minimum absolute atomic E-state index is 0.0170. The predicted octanol–water partition coefficient (Wildman–Crippen LogP) is 2.80. The summed E-state index contributed by atoms with van der Waals surface area (Å²) in [5.41, 5.74) is 0.765. The van der Waals surface area contributed by atoms with Crippen molar-refractivity contribution in [2.24, 2.45) is 5.92 Å². The first-order chi connectivity index (χ1) is 13.2. The van der Waals surface area contributed by atoms with Crippen LogP contribution in [0, 0.1) is 5.92 Å². The number of aromatic nitrogens is 3. The van der Waals surface area contributed by atoms with Crippen molar-refractivity contribution in [3.63, 3.8) is 0 Å². The first kappa shape index (κ1) is 20.3. The fourth-order valence-corrected chi connectivity index (χ4v) is 4.43. The Morgan fingerprint density at radius 3 is 2.54 bits per heavy atom. The van der Waals surface area contributed by atoms with Crippen LogP contribution >= 0.6 is 0 Å². The van der Waals surface area contributed by atoms with E-state index in [4.69, 9.17) is 4.74 Å². The molecule has 152 valence electrons. The summed E-state index contributed by atoms with van der Waals surface area (Å²) < 4.78 is 28.9. The van der Waals surface area contributed by atoms with Gasteiger partial charge in [-0.25, -0.2) is 8.42 Å². The SMILES string of the molecule is COc1ccc(-c2nc(NC(=O)C(C)(C)S(=O)(=O)CCC3CCC3)n[nH]2)cc1. The zero-order chi connectivity index (χ0) is 20.4. The molecular formula is C19H26N4O4S. The van der Waals surface area contributed by atoms with E-state index in [-0.39, 0.29) is 11.7 Å². The van der Waals surface area contributed by atoms with E-state index in [0.29, 0.717) is 23.9 Å². The van der Waals surface area contributed by atoms with E-state index in [1.54, 1.807) is 31.4 Å². The van der Waals surface area contributed by atoms with Crippen molar-refractivity contribution in [3.8, 4) is 17.1 Å². The molecule has 3 rings (SSSR count). The van der Waals surface area contributed by atoms with Gasteiger partial charge >= 0.3 is 0 Å². The van der Waals surface area contributed by atoms with Crippen LogP contribution in [0.4, 0.5) is 5.95 Å². The van der Waals surface area contributed by atoms with E-state index in [1.165, 1.54) is 13.8 Å². The average molecular weight is 407 g/mol. The molecule has 0 saturated heterocycles. The van der Waals surface area contributed by atoms with Crippen LogP contribution in [0.5, 0.6) is 5.75 Å². The highest BCUT2D eigenvalue weighted by atomic mass is 32.2. The molecule has 1 amide bonds. The predicted molar refractivity (Wildman–Crippen MR) is 107 cm³/mol. The molecule has 0 spiro atoms. The Morgan fingerprint density at radius 1 is 1.29 bits per heavy atom. The molecule has 1 aromatic carbocycles. The Morgan fingerprint density at radius 2 is 1.96 bits per heavy atom. The van der Waals surface area contributed by atoms with Crippen LogP contribution in [0.25, 0.3) is 11.4 Å². The van der Waals surface area contributed by atoms with E-state index in [1.807, 2.05) is 0 Å². The van der Waals surface area contributed by atoms with Gasteiger partial charge in [-0.05, 0) is 50.5 Å². The second kappa shape index (κ2) is 7.90. The number of nitrogens with zero attached hydrogens (tertiary/aromatic N) is 2. The van der Waals surface area contributed by atoms with Gasteiger partial charge in [-0.3, -0.25) is 15.2 Å². The highest BCUT2D eigenvalue weighted by Gasteiger charge is 2.42. The quantitative estimate of drug-likeness (QED) is 0.697. The van der Waals surface area contributed by atoms with Gasteiger partial charge in [-0.15, -0.1) is 5.10 Å².